The Kier molecular flexibility index (Phi) is 8.70. The molecule has 4 rings (SSSR count). The predicted octanol–water partition coefficient (Wildman–Crippen LogP) is 6.30. The van der Waals surface area contributed by atoms with Crippen LogP contribution in [0.3, 0.4) is 0 Å². The number of amides is 3. The highest BCUT2D eigenvalue weighted by molar-refractivity contribution is 8.18. The van der Waals surface area contributed by atoms with Crippen molar-refractivity contribution < 1.29 is 28.2 Å². The van der Waals surface area contributed by atoms with Crippen molar-refractivity contribution in [1.82, 2.24) is 4.90 Å². The van der Waals surface area contributed by atoms with Gasteiger partial charge in [0.05, 0.1) is 18.6 Å². The fourth-order valence-corrected chi connectivity index (χ4v) is 4.73. The molecule has 1 aliphatic rings. The van der Waals surface area contributed by atoms with Crippen molar-refractivity contribution in [3.63, 3.8) is 0 Å². The minimum Gasteiger partial charge on any atom is -0.493 e. The lowest BCUT2D eigenvalue weighted by molar-refractivity contribution is -0.123. The maximum Gasteiger partial charge on any atom is 0.293 e. The Morgan fingerprint density at radius 2 is 1.84 bits per heavy atom. The molecule has 0 atom stereocenters. The van der Waals surface area contributed by atoms with E-state index in [9.17, 15) is 18.8 Å². The number of halogens is 2. The average molecular weight is 555 g/mol. The Hall–Kier alpha value is -3.82. The topological polar surface area (TPSA) is 84.9 Å². The number of methoxy groups -OCH3 is 1. The van der Waals surface area contributed by atoms with E-state index in [0.717, 1.165) is 29.1 Å². The third-order valence-corrected chi connectivity index (χ3v) is 6.97. The molecule has 0 radical (unpaired) electrons. The van der Waals surface area contributed by atoms with Crippen LogP contribution < -0.4 is 14.8 Å². The van der Waals surface area contributed by atoms with Crippen LogP contribution >= 0.6 is 23.4 Å². The van der Waals surface area contributed by atoms with Gasteiger partial charge in [0, 0.05) is 10.7 Å². The number of hydrogen-bond donors (Lipinski definition) is 1. The number of imide groups is 1. The van der Waals surface area contributed by atoms with Crippen LogP contribution in [0.5, 0.6) is 11.5 Å². The van der Waals surface area contributed by atoms with Crippen LogP contribution in [-0.2, 0) is 22.6 Å². The largest absolute Gasteiger partial charge is 0.493 e. The number of nitrogens with zero attached hydrogens (tertiary/aromatic N) is 1. The molecule has 3 amide bonds. The number of carbonyl (C=O) groups is 3. The molecule has 3 aromatic carbocycles. The van der Waals surface area contributed by atoms with Crippen molar-refractivity contribution in [3.8, 4) is 11.5 Å². The first-order valence-electron chi connectivity index (χ1n) is 11.7. The number of hydrogen-bond acceptors (Lipinski definition) is 6. The summed E-state index contributed by atoms with van der Waals surface area (Å²) in [6, 6.07) is 16.3. The number of carbonyl (C=O) groups excluding carboxylic acids is 3. The van der Waals surface area contributed by atoms with E-state index in [0.29, 0.717) is 28.3 Å². The first-order chi connectivity index (χ1) is 18.3. The summed E-state index contributed by atoms with van der Waals surface area (Å²) < 4.78 is 24.4. The van der Waals surface area contributed by atoms with E-state index in [1.54, 1.807) is 24.3 Å². The third-order valence-electron chi connectivity index (χ3n) is 5.71. The minimum absolute atomic E-state index is 0.0674. The standard InChI is InChI=1S/C28H24ClFN2O5S/c1-3-17-4-9-21(10-5-17)31-26(33)16-37-23-11-6-18(12-24(23)36-2)13-25-27(34)32(28(35)38-25)15-19-7-8-20(30)14-22(19)29/h4-14H,3,15-16H2,1-2H3,(H,31,33)/b25-13-. The Bertz CT molecular complexity index is 1410. The van der Waals surface area contributed by atoms with Crippen LogP contribution in [-0.4, -0.2) is 35.7 Å². The maximum absolute atomic E-state index is 13.3. The van der Waals surface area contributed by atoms with Gasteiger partial charge in [-0.1, -0.05) is 42.8 Å². The van der Waals surface area contributed by atoms with E-state index in [2.05, 4.69) is 12.2 Å². The highest BCUT2D eigenvalue weighted by Crippen LogP contribution is 2.36. The summed E-state index contributed by atoms with van der Waals surface area (Å²) in [5.74, 6) is -0.605. The van der Waals surface area contributed by atoms with Gasteiger partial charge in [0.25, 0.3) is 17.1 Å². The van der Waals surface area contributed by atoms with E-state index in [1.165, 1.54) is 24.8 Å². The zero-order valence-electron chi connectivity index (χ0n) is 20.6. The summed E-state index contributed by atoms with van der Waals surface area (Å²) in [5, 5.41) is 2.46. The number of rotatable bonds is 9. The molecule has 3 aromatic rings. The van der Waals surface area contributed by atoms with Crippen LogP contribution in [0.2, 0.25) is 5.02 Å². The van der Waals surface area contributed by atoms with Gasteiger partial charge in [-0.2, -0.15) is 0 Å². The van der Waals surface area contributed by atoms with Gasteiger partial charge in [0.2, 0.25) is 0 Å². The smallest absolute Gasteiger partial charge is 0.293 e. The van der Waals surface area contributed by atoms with Gasteiger partial charge >= 0.3 is 0 Å². The molecule has 196 valence electrons. The lowest BCUT2D eigenvalue weighted by Crippen LogP contribution is -2.27. The molecule has 10 heteroatoms. The first kappa shape index (κ1) is 27.2. The molecule has 1 heterocycles. The lowest BCUT2D eigenvalue weighted by atomic mass is 10.1. The van der Waals surface area contributed by atoms with Gasteiger partial charge in [0.15, 0.2) is 18.1 Å². The Balaban J connectivity index is 1.41. The summed E-state index contributed by atoms with van der Waals surface area (Å²) in [6.07, 6.45) is 2.48. The van der Waals surface area contributed by atoms with E-state index in [1.807, 2.05) is 24.3 Å². The van der Waals surface area contributed by atoms with Gasteiger partial charge in [-0.3, -0.25) is 19.3 Å². The van der Waals surface area contributed by atoms with Crippen molar-refractivity contribution >= 4 is 52.2 Å². The molecule has 0 unspecified atom stereocenters. The molecular formula is C28H24ClFN2O5S. The number of ether oxygens (including phenoxy) is 2. The highest BCUT2D eigenvalue weighted by atomic mass is 35.5. The number of anilines is 1. The quantitative estimate of drug-likeness (QED) is 0.312. The van der Waals surface area contributed by atoms with E-state index >= 15 is 0 Å². The summed E-state index contributed by atoms with van der Waals surface area (Å²) in [7, 11) is 1.46. The Morgan fingerprint density at radius 1 is 1.08 bits per heavy atom. The molecule has 1 saturated heterocycles. The summed E-state index contributed by atoms with van der Waals surface area (Å²) in [4.78, 5) is 39.0. The fraction of sp³-hybridized carbons (Fsp3) is 0.179. The average Bonchev–Trinajstić information content (AvgIpc) is 3.16. The van der Waals surface area contributed by atoms with Crippen molar-refractivity contribution in [2.75, 3.05) is 19.0 Å². The van der Waals surface area contributed by atoms with E-state index < -0.39 is 17.0 Å². The fourth-order valence-electron chi connectivity index (χ4n) is 3.67. The van der Waals surface area contributed by atoms with Gasteiger partial charge in [0.1, 0.15) is 5.82 Å². The van der Waals surface area contributed by atoms with Crippen molar-refractivity contribution in [2.45, 2.75) is 19.9 Å². The van der Waals surface area contributed by atoms with Gasteiger partial charge in [-0.05, 0) is 77.3 Å². The number of thioether (sulfide) groups is 1. The van der Waals surface area contributed by atoms with Crippen LogP contribution in [0, 0.1) is 5.82 Å². The molecule has 1 aliphatic heterocycles. The molecule has 1 fully saturated rings. The van der Waals surface area contributed by atoms with Gasteiger partial charge in [-0.25, -0.2) is 4.39 Å². The monoisotopic (exact) mass is 554 g/mol. The van der Waals surface area contributed by atoms with Crippen molar-refractivity contribution in [3.05, 3.63) is 93.1 Å². The predicted molar refractivity (Wildman–Crippen MR) is 146 cm³/mol. The molecule has 1 N–H and O–H groups in total. The van der Waals surface area contributed by atoms with Crippen molar-refractivity contribution in [2.24, 2.45) is 0 Å². The molecule has 7 nitrogen and oxygen atoms in total. The van der Waals surface area contributed by atoms with Gasteiger partial charge in [-0.15, -0.1) is 0 Å². The zero-order chi connectivity index (χ0) is 27.2. The number of nitrogens with one attached hydrogen (secondary N) is 1. The van der Waals surface area contributed by atoms with Crippen LogP contribution in [0.1, 0.15) is 23.6 Å². The zero-order valence-corrected chi connectivity index (χ0v) is 22.2. The highest BCUT2D eigenvalue weighted by Gasteiger charge is 2.35. The lowest BCUT2D eigenvalue weighted by Gasteiger charge is -2.13. The Labute approximate surface area is 228 Å². The van der Waals surface area contributed by atoms with E-state index in [4.69, 9.17) is 21.1 Å². The molecule has 0 saturated carbocycles. The number of aryl methyl sites for hydroxylation is 1. The second-order valence-corrected chi connectivity index (χ2v) is 9.70. The summed E-state index contributed by atoms with van der Waals surface area (Å²) in [6.45, 7) is 1.76. The van der Waals surface area contributed by atoms with Gasteiger partial charge < -0.3 is 14.8 Å². The summed E-state index contributed by atoms with van der Waals surface area (Å²) in [5.41, 5.74) is 2.90. The molecule has 0 aromatic heterocycles. The molecular weight excluding hydrogens is 531 g/mol. The van der Waals surface area contributed by atoms with Crippen molar-refractivity contribution in [1.29, 1.82) is 0 Å². The second kappa shape index (κ2) is 12.1. The van der Waals surface area contributed by atoms with E-state index in [-0.39, 0.29) is 29.0 Å². The minimum atomic E-state index is -0.503. The van der Waals surface area contributed by atoms with Crippen LogP contribution in [0.25, 0.3) is 6.08 Å². The molecule has 0 spiro atoms. The number of benzene rings is 3. The SMILES string of the molecule is CCc1ccc(NC(=O)COc2ccc(/C=C3\SC(=O)N(Cc4ccc(F)cc4Cl)C3=O)cc2OC)cc1. The second-order valence-electron chi connectivity index (χ2n) is 8.30. The normalized spacial score (nSPS) is 14.2. The summed E-state index contributed by atoms with van der Waals surface area (Å²) >= 11 is 6.85. The molecule has 38 heavy (non-hydrogen) atoms. The third kappa shape index (κ3) is 6.54. The molecule has 0 bridgehead atoms. The first-order valence-corrected chi connectivity index (χ1v) is 12.9. The molecule has 0 aliphatic carbocycles. The maximum atomic E-state index is 13.3. The van der Waals surface area contributed by atoms with Crippen LogP contribution in [0.4, 0.5) is 14.9 Å². The Morgan fingerprint density at radius 3 is 2.53 bits per heavy atom. The van der Waals surface area contributed by atoms with Crippen LogP contribution in [0.15, 0.2) is 65.6 Å².